The third-order valence-electron chi connectivity index (χ3n) is 9.76. The molecule has 0 aliphatic carbocycles. The van der Waals surface area contributed by atoms with Gasteiger partial charge in [0, 0.05) is 69.7 Å². The number of para-hydroxylation sites is 1. The first-order valence-corrected chi connectivity index (χ1v) is 16.8. The number of hydrogen-bond acceptors (Lipinski definition) is 9. The summed E-state index contributed by atoms with van der Waals surface area (Å²) in [7, 11) is 0. The van der Waals surface area contributed by atoms with Crippen LogP contribution < -0.4 is 5.32 Å². The van der Waals surface area contributed by atoms with Crippen LogP contribution in [0.3, 0.4) is 0 Å². The van der Waals surface area contributed by atoms with Crippen molar-refractivity contribution >= 4 is 45.7 Å². The van der Waals surface area contributed by atoms with E-state index in [9.17, 15) is 29.5 Å². The molecule has 4 aliphatic rings. The maximum atomic E-state index is 13.9. The Bertz CT molecular complexity index is 1550. The molecule has 4 heterocycles. The number of hydrogen-bond donors (Lipinski definition) is 3. The highest BCUT2D eigenvalue weighted by atomic mass is 79.9. The molecule has 14 heteroatoms. The summed E-state index contributed by atoms with van der Waals surface area (Å²) in [5.74, 6) is -0.253. The minimum absolute atomic E-state index is 0.00495. The van der Waals surface area contributed by atoms with Crippen molar-refractivity contribution in [2.75, 3.05) is 51.2 Å². The lowest BCUT2D eigenvalue weighted by Gasteiger charge is -2.36. The lowest BCUT2D eigenvalue weighted by atomic mass is 10.0. The van der Waals surface area contributed by atoms with Crippen molar-refractivity contribution in [2.24, 2.45) is 5.18 Å². The smallest absolute Gasteiger partial charge is 0.410 e. The zero-order chi connectivity index (χ0) is 33.1. The number of nitrogens with zero attached hydrogens (tertiary/aromatic N) is 5. The van der Waals surface area contributed by atoms with Gasteiger partial charge in [-0.1, -0.05) is 29.4 Å². The Hall–Kier alpha value is -4.01. The quantitative estimate of drug-likeness (QED) is 0.348. The minimum atomic E-state index is -1.10. The number of nitroso groups, excluding NO2 is 1. The second-order valence-corrected chi connectivity index (χ2v) is 13.6. The van der Waals surface area contributed by atoms with E-state index in [0.717, 1.165) is 11.3 Å². The number of fused-ring (bicyclic) bond motifs is 1. The average molecular weight is 712 g/mol. The van der Waals surface area contributed by atoms with E-state index in [1.54, 1.807) is 33.0 Å². The third-order valence-corrected chi connectivity index (χ3v) is 10.4. The standard InChI is InChI=1S/C33H39BrN6O7/c34-26-17-22(5-6-28(26)42)18-29(30(43)38-14-10-25(19-38)39-16-11-33(20-39,21-41)36-46)47-32(45)37-12-8-24(9-13-37)40-15-7-23-3-1-2-4-27(23)35-31(40)44/h1-7,15,17,24-25,29,41-42H,8-14,16,18-21H2,(H,35,44). The summed E-state index contributed by atoms with van der Waals surface area (Å²) >= 11 is 3.32. The third kappa shape index (κ3) is 7.14. The van der Waals surface area contributed by atoms with Crippen molar-refractivity contribution < 1.29 is 29.3 Å². The molecule has 6 rings (SSSR count). The van der Waals surface area contributed by atoms with E-state index in [1.165, 1.54) is 6.07 Å². The summed E-state index contributed by atoms with van der Waals surface area (Å²) in [5.41, 5.74) is 1.36. The first-order valence-electron chi connectivity index (χ1n) is 16.0. The van der Waals surface area contributed by atoms with Crippen molar-refractivity contribution in [2.45, 2.75) is 55.8 Å². The van der Waals surface area contributed by atoms with Crippen molar-refractivity contribution in [3.8, 4) is 5.75 Å². The number of aliphatic hydroxyl groups is 1. The number of rotatable bonds is 8. The fourth-order valence-corrected chi connectivity index (χ4v) is 7.35. The zero-order valence-corrected chi connectivity index (χ0v) is 27.5. The van der Waals surface area contributed by atoms with E-state index >= 15 is 0 Å². The predicted octanol–water partition coefficient (Wildman–Crippen LogP) is 3.99. The molecule has 3 saturated heterocycles. The van der Waals surface area contributed by atoms with Gasteiger partial charge in [0.1, 0.15) is 11.3 Å². The summed E-state index contributed by atoms with van der Waals surface area (Å²) in [6.45, 7) is 2.24. The Balaban J connectivity index is 1.10. The minimum Gasteiger partial charge on any atom is -0.507 e. The van der Waals surface area contributed by atoms with E-state index in [2.05, 4.69) is 31.3 Å². The molecular formula is C33H39BrN6O7. The molecular weight excluding hydrogens is 672 g/mol. The van der Waals surface area contributed by atoms with Gasteiger partial charge in [-0.25, -0.2) is 9.59 Å². The maximum Gasteiger partial charge on any atom is 0.410 e. The number of benzene rings is 2. The molecule has 4 aliphatic heterocycles. The lowest BCUT2D eigenvalue weighted by molar-refractivity contribution is -0.140. The van der Waals surface area contributed by atoms with Crippen LogP contribution in [0.1, 0.15) is 36.8 Å². The van der Waals surface area contributed by atoms with Crippen LogP contribution in [0.25, 0.3) is 6.08 Å². The van der Waals surface area contributed by atoms with Gasteiger partial charge in [-0.2, -0.15) is 4.91 Å². The van der Waals surface area contributed by atoms with Gasteiger partial charge in [0.2, 0.25) is 0 Å². The van der Waals surface area contributed by atoms with E-state index in [0.29, 0.717) is 75.0 Å². The maximum absolute atomic E-state index is 13.9. The first kappa shape index (κ1) is 32.9. The molecule has 4 amide bonds. The summed E-state index contributed by atoms with van der Waals surface area (Å²) in [4.78, 5) is 58.9. The molecule has 3 N–H and O–H groups in total. The number of phenols is 1. The molecule has 0 bridgehead atoms. The van der Waals surface area contributed by atoms with Gasteiger partial charge in [0.05, 0.1) is 11.1 Å². The van der Waals surface area contributed by atoms with Crippen LogP contribution in [0.4, 0.5) is 15.3 Å². The predicted molar refractivity (Wildman–Crippen MR) is 177 cm³/mol. The first-order chi connectivity index (χ1) is 22.7. The lowest BCUT2D eigenvalue weighted by Crippen LogP contribution is -2.50. The van der Waals surface area contributed by atoms with Crippen molar-refractivity contribution in [3.05, 3.63) is 69.2 Å². The van der Waals surface area contributed by atoms with Crippen LogP contribution in [-0.2, 0) is 16.0 Å². The van der Waals surface area contributed by atoms with E-state index < -0.39 is 17.7 Å². The Labute approximate surface area is 281 Å². The number of halogens is 1. The average Bonchev–Trinajstić information content (AvgIpc) is 3.71. The molecule has 250 valence electrons. The Kier molecular flexibility index (Phi) is 9.80. The topological polar surface area (TPSA) is 155 Å². The van der Waals surface area contributed by atoms with Gasteiger partial charge in [-0.05, 0) is 77.0 Å². The number of phenolic OH excluding ortho intramolecular Hbond substituents is 1. The van der Waals surface area contributed by atoms with Crippen LogP contribution >= 0.6 is 15.9 Å². The number of carbonyl (C=O) groups excluding carboxylic acids is 3. The van der Waals surface area contributed by atoms with Gasteiger partial charge in [-0.3, -0.25) is 14.6 Å². The van der Waals surface area contributed by atoms with Crippen molar-refractivity contribution in [3.63, 3.8) is 0 Å². The number of aromatic hydroxyl groups is 1. The van der Waals surface area contributed by atoms with Gasteiger partial charge in [0.25, 0.3) is 5.91 Å². The molecule has 3 fully saturated rings. The van der Waals surface area contributed by atoms with Crippen LogP contribution in [0.15, 0.2) is 58.3 Å². The van der Waals surface area contributed by atoms with Crippen molar-refractivity contribution in [1.29, 1.82) is 0 Å². The van der Waals surface area contributed by atoms with Crippen LogP contribution in [0.2, 0.25) is 0 Å². The molecule has 3 unspecified atom stereocenters. The molecule has 13 nitrogen and oxygen atoms in total. The second-order valence-electron chi connectivity index (χ2n) is 12.7. The summed E-state index contributed by atoms with van der Waals surface area (Å²) in [6, 6.07) is 12.2. The molecule has 0 aromatic heterocycles. The van der Waals surface area contributed by atoms with E-state index in [-0.39, 0.29) is 42.8 Å². The molecule has 0 saturated carbocycles. The molecule has 0 radical (unpaired) electrons. The van der Waals surface area contributed by atoms with E-state index in [1.807, 2.05) is 30.3 Å². The molecule has 0 spiro atoms. The van der Waals surface area contributed by atoms with Gasteiger partial charge in [0.15, 0.2) is 6.10 Å². The number of piperidine rings is 1. The van der Waals surface area contributed by atoms with Gasteiger partial charge >= 0.3 is 12.1 Å². The molecule has 2 aromatic carbocycles. The number of likely N-dealkylation sites (tertiary alicyclic amines) is 3. The SMILES string of the molecule is O=NC1(CO)CCN(C2CCN(C(=O)C(Cc3ccc(O)c(Br)c3)OC(=O)N3CCC(N4C=Cc5ccccc5NC4=O)CC3)C2)C1. The summed E-state index contributed by atoms with van der Waals surface area (Å²) in [6.07, 6.45) is 4.36. The Morgan fingerprint density at radius 3 is 2.53 bits per heavy atom. The Morgan fingerprint density at radius 1 is 1.06 bits per heavy atom. The summed E-state index contributed by atoms with van der Waals surface area (Å²) < 4.78 is 6.41. The fourth-order valence-electron chi connectivity index (χ4n) is 6.92. The number of anilines is 1. The number of carbonyl (C=O) groups is 3. The second kappa shape index (κ2) is 14.0. The normalized spacial score (nSPS) is 24.1. The van der Waals surface area contributed by atoms with E-state index in [4.69, 9.17) is 4.74 Å². The monoisotopic (exact) mass is 710 g/mol. The zero-order valence-electron chi connectivity index (χ0n) is 26.0. The Morgan fingerprint density at radius 2 is 1.81 bits per heavy atom. The number of urea groups is 1. The number of nitrogens with one attached hydrogen (secondary N) is 1. The van der Waals surface area contributed by atoms with Crippen LogP contribution in [-0.4, -0.2) is 117 Å². The fraction of sp³-hybridized carbons (Fsp3) is 0.485. The highest BCUT2D eigenvalue weighted by molar-refractivity contribution is 9.10. The highest BCUT2D eigenvalue weighted by Crippen LogP contribution is 2.31. The number of aliphatic hydroxyl groups excluding tert-OH is 1. The summed E-state index contributed by atoms with van der Waals surface area (Å²) in [5, 5.41) is 25.8. The highest BCUT2D eigenvalue weighted by Gasteiger charge is 2.44. The number of ether oxygens (including phenoxy) is 1. The molecule has 3 atom stereocenters. The van der Waals surface area contributed by atoms with Gasteiger partial charge in [-0.15, -0.1) is 0 Å². The van der Waals surface area contributed by atoms with Crippen LogP contribution in [0.5, 0.6) is 5.75 Å². The van der Waals surface area contributed by atoms with Crippen molar-refractivity contribution in [1.82, 2.24) is 19.6 Å². The molecule has 47 heavy (non-hydrogen) atoms. The van der Waals surface area contributed by atoms with Gasteiger partial charge < -0.3 is 30.1 Å². The number of amides is 4. The van der Waals surface area contributed by atoms with Crippen LogP contribution in [0, 0.1) is 4.91 Å². The largest absolute Gasteiger partial charge is 0.507 e. The molecule has 2 aromatic rings.